The molecule has 0 N–H and O–H groups in total. The van der Waals surface area contributed by atoms with E-state index in [0.717, 1.165) is 28.7 Å². The molecule has 0 aliphatic carbocycles. The van der Waals surface area contributed by atoms with Gasteiger partial charge in [-0.2, -0.15) is 4.31 Å². The van der Waals surface area contributed by atoms with Crippen molar-refractivity contribution in [3.63, 3.8) is 0 Å². The molecule has 0 amide bonds. The number of nitrogens with zero attached hydrogens (tertiary/aromatic N) is 1. The maximum atomic E-state index is 13.2. The quantitative estimate of drug-likeness (QED) is 0.373. The molecule has 0 aliphatic heterocycles. The normalized spacial score (nSPS) is 12.4. The zero-order chi connectivity index (χ0) is 19.2. The Bertz CT molecular complexity index is 872. The van der Waals surface area contributed by atoms with E-state index in [-0.39, 0.29) is 0 Å². The highest BCUT2D eigenvalue weighted by Gasteiger charge is 2.26. The first-order valence-electron chi connectivity index (χ1n) is 8.46. The molecule has 2 aromatic carbocycles. The van der Waals surface area contributed by atoms with E-state index < -0.39 is 10.0 Å². The second-order valence-electron chi connectivity index (χ2n) is 6.19. The Morgan fingerprint density at radius 1 is 1.08 bits per heavy atom. The summed E-state index contributed by atoms with van der Waals surface area (Å²) < 4.78 is 29.9. The minimum atomic E-state index is -3.61. The van der Waals surface area contributed by atoms with E-state index in [1.807, 2.05) is 60.4 Å². The van der Waals surface area contributed by atoms with Crippen LogP contribution in [0.3, 0.4) is 0 Å². The average Bonchev–Trinajstić information content (AvgIpc) is 2.65. The summed E-state index contributed by atoms with van der Waals surface area (Å²) in [7, 11) is -3.61. The van der Waals surface area contributed by atoms with Crippen molar-refractivity contribution in [1.82, 2.24) is 4.31 Å². The number of sulfonamides is 1. The van der Waals surface area contributed by atoms with Gasteiger partial charge in [-0.05, 0) is 40.7 Å². The Morgan fingerprint density at radius 3 is 2.23 bits per heavy atom. The zero-order valence-corrected chi connectivity index (χ0v) is 18.1. The van der Waals surface area contributed by atoms with Gasteiger partial charge in [0.1, 0.15) is 0 Å². The summed E-state index contributed by atoms with van der Waals surface area (Å²) in [5.74, 6) is 0. The van der Waals surface area contributed by atoms with Gasteiger partial charge in [-0.15, -0.1) is 0 Å². The highest BCUT2D eigenvalue weighted by molar-refractivity contribution is 14.1. The van der Waals surface area contributed by atoms with Crippen LogP contribution in [0.1, 0.15) is 24.5 Å². The second kappa shape index (κ2) is 9.48. The molecule has 0 heterocycles. The SMILES string of the molecule is C=C(CC)CN(C/C(=C/I)c1ccccc1)S(=O)(=O)c1ccc(C)cc1. The van der Waals surface area contributed by atoms with Gasteiger partial charge in [-0.3, -0.25) is 0 Å². The van der Waals surface area contributed by atoms with E-state index in [4.69, 9.17) is 0 Å². The molecule has 3 nitrogen and oxygen atoms in total. The molecular formula is C21H24INO2S. The van der Waals surface area contributed by atoms with Crippen LogP contribution in [-0.4, -0.2) is 25.8 Å². The number of hydrogen-bond donors (Lipinski definition) is 0. The molecule has 26 heavy (non-hydrogen) atoms. The van der Waals surface area contributed by atoms with Gasteiger partial charge in [-0.25, -0.2) is 8.42 Å². The van der Waals surface area contributed by atoms with Crippen molar-refractivity contribution in [3.05, 3.63) is 82.0 Å². The third-order valence-corrected chi connectivity index (χ3v) is 6.74. The van der Waals surface area contributed by atoms with Crippen LogP contribution in [0.2, 0.25) is 0 Å². The highest BCUT2D eigenvalue weighted by atomic mass is 127. The van der Waals surface area contributed by atoms with Gasteiger partial charge >= 0.3 is 0 Å². The van der Waals surface area contributed by atoms with Crippen molar-refractivity contribution in [2.24, 2.45) is 0 Å². The Hall–Kier alpha value is -1.44. The average molecular weight is 481 g/mol. The van der Waals surface area contributed by atoms with Crippen LogP contribution in [-0.2, 0) is 10.0 Å². The summed E-state index contributed by atoms with van der Waals surface area (Å²) in [5, 5.41) is 0. The Balaban J connectivity index is 2.39. The van der Waals surface area contributed by atoms with Gasteiger partial charge in [0.05, 0.1) is 4.90 Å². The first-order chi connectivity index (χ1) is 12.4. The smallest absolute Gasteiger partial charge is 0.207 e. The lowest BCUT2D eigenvalue weighted by Gasteiger charge is -2.24. The van der Waals surface area contributed by atoms with E-state index in [9.17, 15) is 8.42 Å². The topological polar surface area (TPSA) is 37.4 Å². The molecule has 0 aliphatic rings. The van der Waals surface area contributed by atoms with Crippen LogP contribution >= 0.6 is 22.6 Å². The summed E-state index contributed by atoms with van der Waals surface area (Å²) >= 11 is 2.17. The highest BCUT2D eigenvalue weighted by Crippen LogP contribution is 2.24. The lowest BCUT2D eigenvalue weighted by Crippen LogP contribution is -2.34. The van der Waals surface area contributed by atoms with E-state index in [0.29, 0.717) is 18.0 Å². The van der Waals surface area contributed by atoms with Crippen molar-refractivity contribution in [1.29, 1.82) is 0 Å². The van der Waals surface area contributed by atoms with Crippen molar-refractivity contribution in [3.8, 4) is 0 Å². The van der Waals surface area contributed by atoms with Crippen molar-refractivity contribution >= 4 is 38.2 Å². The van der Waals surface area contributed by atoms with E-state index in [1.54, 1.807) is 12.1 Å². The predicted molar refractivity (Wildman–Crippen MR) is 118 cm³/mol. The standard InChI is InChI=1S/C21H24INO2S/c1-4-17(2)15-23(16-20(14-22)19-8-6-5-7-9-19)26(24,25)21-12-10-18(3)11-13-21/h5-14H,2,4,15-16H2,1,3H3/b20-14-. The third-order valence-electron chi connectivity index (χ3n) is 4.18. The Kier molecular flexibility index (Phi) is 7.61. The molecule has 0 atom stereocenters. The first-order valence-corrected chi connectivity index (χ1v) is 11.1. The summed E-state index contributed by atoms with van der Waals surface area (Å²) in [6.45, 7) is 8.57. The van der Waals surface area contributed by atoms with Crippen molar-refractivity contribution < 1.29 is 8.42 Å². The van der Waals surface area contributed by atoms with Crippen LogP contribution in [0.4, 0.5) is 0 Å². The molecule has 0 unspecified atom stereocenters. The summed E-state index contributed by atoms with van der Waals surface area (Å²) in [6.07, 6.45) is 0.745. The molecule has 2 aromatic rings. The molecule has 0 aromatic heterocycles. The fourth-order valence-electron chi connectivity index (χ4n) is 2.48. The van der Waals surface area contributed by atoms with Crippen molar-refractivity contribution in [2.45, 2.75) is 25.2 Å². The molecule has 138 valence electrons. The zero-order valence-electron chi connectivity index (χ0n) is 15.2. The van der Waals surface area contributed by atoms with E-state index in [2.05, 4.69) is 29.2 Å². The molecular weight excluding hydrogens is 457 g/mol. The summed E-state index contributed by atoms with van der Waals surface area (Å²) in [4.78, 5) is 0.313. The van der Waals surface area contributed by atoms with Gasteiger partial charge in [0, 0.05) is 13.1 Å². The minimum absolute atomic E-state index is 0.308. The summed E-state index contributed by atoms with van der Waals surface area (Å²) in [5.41, 5.74) is 3.91. The molecule has 2 rings (SSSR count). The Morgan fingerprint density at radius 2 is 1.69 bits per heavy atom. The molecule has 0 fully saturated rings. The van der Waals surface area contributed by atoms with Gasteiger partial charge in [-0.1, -0.05) is 89.7 Å². The number of hydrogen-bond acceptors (Lipinski definition) is 2. The van der Waals surface area contributed by atoms with Gasteiger partial charge < -0.3 is 0 Å². The fraction of sp³-hybridized carbons (Fsp3) is 0.238. The number of benzene rings is 2. The third kappa shape index (κ3) is 5.28. The molecule has 0 saturated heterocycles. The lowest BCUT2D eigenvalue weighted by atomic mass is 10.1. The molecule has 0 bridgehead atoms. The van der Waals surface area contributed by atoms with Gasteiger partial charge in [0.2, 0.25) is 10.0 Å². The second-order valence-corrected chi connectivity index (χ2v) is 8.75. The van der Waals surface area contributed by atoms with Crippen molar-refractivity contribution in [2.75, 3.05) is 13.1 Å². The molecule has 0 spiro atoms. The molecule has 0 saturated carbocycles. The maximum absolute atomic E-state index is 13.2. The van der Waals surface area contributed by atoms with Gasteiger partial charge in [0.15, 0.2) is 0 Å². The van der Waals surface area contributed by atoms with E-state index in [1.165, 1.54) is 4.31 Å². The number of aryl methyl sites for hydroxylation is 1. The minimum Gasteiger partial charge on any atom is -0.207 e. The van der Waals surface area contributed by atoms with Crippen LogP contribution in [0.5, 0.6) is 0 Å². The monoisotopic (exact) mass is 481 g/mol. The van der Waals surface area contributed by atoms with Gasteiger partial charge in [0.25, 0.3) is 0 Å². The fourth-order valence-corrected chi connectivity index (χ4v) is 4.47. The number of halogens is 1. The molecule has 5 heteroatoms. The van der Waals surface area contributed by atoms with Crippen LogP contribution in [0.15, 0.2) is 75.7 Å². The van der Waals surface area contributed by atoms with E-state index >= 15 is 0 Å². The first kappa shape index (κ1) is 20.9. The lowest BCUT2D eigenvalue weighted by molar-refractivity contribution is 0.468. The molecule has 0 radical (unpaired) electrons. The largest absolute Gasteiger partial charge is 0.243 e. The summed E-state index contributed by atoms with van der Waals surface area (Å²) in [6, 6.07) is 16.8. The number of rotatable bonds is 8. The Labute approximate surface area is 170 Å². The van der Waals surface area contributed by atoms with Crippen LogP contribution in [0.25, 0.3) is 5.57 Å². The van der Waals surface area contributed by atoms with Crippen LogP contribution in [0, 0.1) is 6.92 Å². The van der Waals surface area contributed by atoms with Crippen LogP contribution < -0.4 is 0 Å². The predicted octanol–water partition coefficient (Wildman–Crippen LogP) is 5.43. The maximum Gasteiger partial charge on any atom is 0.243 e.